The Morgan fingerprint density at radius 2 is 2.31 bits per heavy atom. The molecule has 0 spiro atoms. The summed E-state index contributed by atoms with van der Waals surface area (Å²) in [5.74, 6) is 0.608. The van der Waals surface area contributed by atoms with Crippen LogP contribution in [0.25, 0.3) is 0 Å². The van der Waals surface area contributed by atoms with Crippen LogP contribution >= 0.6 is 15.9 Å². The first-order valence-corrected chi connectivity index (χ1v) is 6.21. The molecule has 86 valence electrons. The molecular weight excluding hydrogens is 268 g/mol. The third-order valence-corrected chi connectivity index (χ3v) is 3.65. The maximum atomic E-state index is 11.7. The summed E-state index contributed by atoms with van der Waals surface area (Å²) in [5.41, 5.74) is 2.02. The van der Waals surface area contributed by atoms with E-state index in [1.807, 2.05) is 25.1 Å². The second kappa shape index (κ2) is 4.97. The van der Waals surface area contributed by atoms with E-state index >= 15 is 0 Å². The quantitative estimate of drug-likeness (QED) is 0.893. The Bertz CT molecular complexity index is 402. The summed E-state index contributed by atoms with van der Waals surface area (Å²) in [7, 11) is 0. The topological polar surface area (TPSA) is 41.1 Å². The molecule has 1 fully saturated rings. The van der Waals surface area contributed by atoms with E-state index in [4.69, 9.17) is 0 Å². The van der Waals surface area contributed by atoms with Crippen molar-refractivity contribution in [1.29, 1.82) is 0 Å². The third kappa shape index (κ3) is 2.83. The standard InChI is InChI=1S/C12H15BrN2O/c1-8-2-3-10(5-11(8)13)15-12(16)4-9-6-14-7-9/h2-3,5,9,14H,4,6-7H2,1H3,(H,15,16). The zero-order chi connectivity index (χ0) is 11.5. The van der Waals surface area contributed by atoms with E-state index in [9.17, 15) is 4.79 Å². The Kier molecular flexibility index (Phi) is 3.61. The Morgan fingerprint density at radius 1 is 1.56 bits per heavy atom. The molecule has 0 bridgehead atoms. The van der Waals surface area contributed by atoms with Crippen LogP contribution in [-0.2, 0) is 4.79 Å². The number of aryl methyl sites for hydroxylation is 1. The molecule has 2 N–H and O–H groups in total. The van der Waals surface area contributed by atoms with Crippen LogP contribution < -0.4 is 10.6 Å². The molecule has 1 aliphatic rings. The van der Waals surface area contributed by atoms with Gasteiger partial charge in [0.05, 0.1) is 0 Å². The van der Waals surface area contributed by atoms with Gasteiger partial charge in [0, 0.05) is 16.6 Å². The predicted molar refractivity (Wildman–Crippen MR) is 68.5 cm³/mol. The zero-order valence-corrected chi connectivity index (χ0v) is 10.8. The minimum absolute atomic E-state index is 0.0993. The van der Waals surface area contributed by atoms with Gasteiger partial charge in [-0.25, -0.2) is 0 Å². The number of hydrogen-bond acceptors (Lipinski definition) is 2. The first-order valence-electron chi connectivity index (χ1n) is 5.42. The average molecular weight is 283 g/mol. The van der Waals surface area contributed by atoms with Crippen molar-refractivity contribution in [2.75, 3.05) is 18.4 Å². The fourth-order valence-electron chi connectivity index (χ4n) is 1.64. The molecule has 0 aromatic heterocycles. The van der Waals surface area contributed by atoms with Crippen LogP contribution in [0.5, 0.6) is 0 Å². The lowest BCUT2D eigenvalue weighted by Gasteiger charge is -2.26. The van der Waals surface area contributed by atoms with Crippen LogP contribution in [0.2, 0.25) is 0 Å². The molecule has 0 aliphatic carbocycles. The van der Waals surface area contributed by atoms with E-state index in [0.29, 0.717) is 12.3 Å². The molecule has 1 aromatic carbocycles. The van der Waals surface area contributed by atoms with Crippen LogP contribution in [0.1, 0.15) is 12.0 Å². The van der Waals surface area contributed by atoms with Gasteiger partial charge >= 0.3 is 0 Å². The molecule has 1 aliphatic heterocycles. The molecule has 0 radical (unpaired) electrons. The van der Waals surface area contributed by atoms with Gasteiger partial charge in [-0.05, 0) is 43.6 Å². The Hall–Kier alpha value is -0.870. The van der Waals surface area contributed by atoms with Crippen molar-refractivity contribution >= 4 is 27.5 Å². The van der Waals surface area contributed by atoms with Crippen LogP contribution in [-0.4, -0.2) is 19.0 Å². The number of nitrogens with one attached hydrogen (secondary N) is 2. The maximum absolute atomic E-state index is 11.7. The van der Waals surface area contributed by atoms with E-state index in [1.165, 1.54) is 5.56 Å². The summed E-state index contributed by atoms with van der Waals surface area (Å²) in [4.78, 5) is 11.7. The maximum Gasteiger partial charge on any atom is 0.224 e. The molecule has 16 heavy (non-hydrogen) atoms. The lowest BCUT2D eigenvalue weighted by atomic mass is 9.99. The molecule has 0 unspecified atom stereocenters. The molecule has 3 nitrogen and oxygen atoms in total. The highest BCUT2D eigenvalue weighted by Gasteiger charge is 2.19. The van der Waals surface area contributed by atoms with E-state index in [-0.39, 0.29) is 5.91 Å². The number of benzene rings is 1. The number of halogens is 1. The van der Waals surface area contributed by atoms with Gasteiger partial charge < -0.3 is 10.6 Å². The molecule has 4 heteroatoms. The normalized spacial score (nSPS) is 15.6. The highest BCUT2D eigenvalue weighted by molar-refractivity contribution is 9.10. The van der Waals surface area contributed by atoms with Gasteiger partial charge in [0.2, 0.25) is 5.91 Å². The lowest BCUT2D eigenvalue weighted by Crippen LogP contribution is -2.43. The van der Waals surface area contributed by atoms with Crippen LogP contribution in [0.4, 0.5) is 5.69 Å². The Morgan fingerprint density at radius 3 is 2.88 bits per heavy atom. The van der Waals surface area contributed by atoms with Crippen molar-refractivity contribution in [3.05, 3.63) is 28.2 Å². The zero-order valence-electron chi connectivity index (χ0n) is 9.22. The lowest BCUT2D eigenvalue weighted by molar-refractivity contribution is -0.117. The molecular formula is C12H15BrN2O. The minimum atomic E-state index is 0.0993. The second-order valence-electron chi connectivity index (χ2n) is 4.24. The molecule has 1 saturated heterocycles. The van der Waals surface area contributed by atoms with Crippen molar-refractivity contribution in [3.63, 3.8) is 0 Å². The highest BCUT2D eigenvalue weighted by atomic mass is 79.9. The van der Waals surface area contributed by atoms with Crippen molar-refractivity contribution in [2.45, 2.75) is 13.3 Å². The van der Waals surface area contributed by atoms with Crippen molar-refractivity contribution in [1.82, 2.24) is 5.32 Å². The average Bonchev–Trinajstić information content (AvgIpc) is 2.18. The van der Waals surface area contributed by atoms with Crippen LogP contribution in [0.15, 0.2) is 22.7 Å². The van der Waals surface area contributed by atoms with Gasteiger partial charge in [-0.2, -0.15) is 0 Å². The van der Waals surface area contributed by atoms with Gasteiger partial charge in [0.25, 0.3) is 0 Å². The summed E-state index contributed by atoms with van der Waals surface area (Å²) in [6, 6.07) is 5.86. The number of anilines is 1. The summed E-state index contributed by atoms with van der Waals surface area (Å²) in [5, 5.41) is 6.07. The molecule has 1 aromatic rings. The van der Waals surface area contributed by atoms with Crippen molar-refractivity contribution in [3.8, 4) is 0 Å². The van der Waals surface area contributed by atoms with Gasteiger partial charge in [-0.3, -0.25) is 4.79 Å². The monoisotopic (exact) mass is 282 g/mol. The van der Waals surface area contributed by atoms with Gasteiger partial charge in [-0.15, -0.1) is 0 Å². The van der Waals surface area contributed by atoms with Gasteiger partial charge in [-0.1, -0.05) is 22.0 Å². The summed E-state index contributed by atoms with van der Waals surface area (Å²) >= 11 is 3.45. The molecule has 1 heterocycles. The Labute approximate surface area is 104 Å². The van der Waals surface area contributed by atoms with Crippen LogP contribution in [0, 0.1) is 12.8 Å². The van der Waals surface area contributed by atoms with E-state index in [1.54, 1.807) is 0 Å². The number of rotatable bonds is 3. The number of carbonyl (C=O) groups is 1. The van der Waals surface area contributed by atoms with Gasteiger partial charge in [0.15, 0.2) is 0 Å². The van der Waals surface area contributed by atoms with Crippen molar-refractivity contribution < 1.29 is 4.79 Å². The van der Waals surface area contributed by atoms with Crippen LogP contribution in [0.3, 0.4) is 0 Å². The number of amides is 1. The van der Waals surface area contributed by atoms with Crippen molar-refractivity contribution in [2.24, 2.45) is 5.92 Å². The first kappa shape index (κ1) is 11.6. The largest absolute Gasteiger partial charge is 0.326 e. The number of carbonyl (C=O) groups excluding carboxylic acids is 1. The van der Waals surface area contributed by atoms with E-state index in [2.05, 4.69) is 26.6 Å². The molecule has 0 saturated carbocycles. The highest BCUT2D eigenvalue weighted by Crippen LogP contribution is 2.21. The summed E-state index contributed by atoms with van der Waals surface area (Å²) < 4.78 is 1.02. The van der Waals surface area contributed by atoms with E-state index < -0.39 is 0 Å². The predicted octanol–water partition coefficient (Wildman–Crippen LogP) is 2.31. The fraction of sp³-hybridized carbons (Fsp3) is 0.417. The molecule has 1 amide bonds. The SMILES string of the molecule is Cc1ccc(NC(=O)CC2CNC2)cc1Br. The van der Waals surface area contributed by atoms with Gasteiger partial charge in [0.1, 0.15) is 0 Å². The number of hydrogen-bond donors (Lipinski definition) is 2. The Balaban J connectivity index is 1.92. The summed E-state index contributed by atoms with van der Waals surface area (Å²) in [6.45, 7) is 3.95. The van der Waals surface area contributed by atoms with E-state index in [0.717, 1.165) is 23.2 Å². The third-order valence-electron chi connectivity index (χ3n) is 2.80. The summed E-state index contributed by atoms with van der Waals surface area (Å²) in [6.07, 6.45) is 0.610. The smallest absolute Gasteiger partial charge is 0.224 e. The second-order valence-corrected chi connectivity index (χ2v) is 5.09. The first-order chi connectivity index (χ1) is 7.65. The minimum Gasteiger partial charge on any atom is -0.326 e. The molecule has 0 atom stereocenters. The molecule has 2 rings (SSSR count). The fourth-order valence-corrected chi connectivity index (χ4v) is 2.02.